The summed E-state index contributed by atoms with van der Waals surface area (Å²) < 4.78 is 43.0. The standard InChI is InChI=1S/C18H28FN3O3S/c1-4-8-21(9-5-2)26(24,25)22-12-10-20(11-13-22)18-7-6-16(15(3)23)14-17(18)19/h6-7,14H,4-5,8-13H2,1-3H3. The maximum atomic E-state index is 14.3. The maximum absolute atomic E-state index is 14.3. The number of nitrogens with zero attached hydrogens (tertiary/aromatic N) is 3. The molecule has 0 atom stereocenters. The highest BCUT2D eigenvalue weighted by Gasteiger charge is 2.32. The number of carbonyl (C=O) groups excluding carboxylic acids is 1. The SMILES string of the molecule is CCCN(CCC)S(=O)(=O)N1CCN(c2ccc(C(C)=O)cc2F)CC1. The number of carbonyl (C=O) groups is 1. The number of Topliss-reactive ketones (excluding diaryl/α,β-unsaturated/α-hetero) is 1. The van der Waals surface area contributed by atoms with Crippen molar-refractivity contribution < 1.29 is 17.6 Å². The summed E-state index contributed by atoms with van der Waals surface area (Å²) in [4.78, 5) is 13.2. The molecule has 1 aliphatic rings. The van der Waals surface area contributed by atoms with Crippen molar-refractivity contribution in [2.75, 3.05) is 44.2 Å². The maximum Gasteiger partial charge on any atom is 0.282 e. The first-order valence-corrected chi connectivity index (χ1v) is 10.5. The van der Waals surface area contributed by atoms with Crippen LogP contribution in [0.25, 0.3) is 0 Å². The molecule has 1 aliphatic heterocycles. The topological polar surface area (TPSA) is 60.9 Å². The molecule has 26 heavy (non-hydrogen) atoms. The lowest BCUT2D eigenvalue weighted by molar-refractivity contribution is 0.101. The van der Waals surface area contributed by atoms with Crippen molar-refractivity contribution >= 4 is 21.7 Å². The third-order valence-electron chi connectivity index (χ3n) is 4.53. The van der Waals surface area contributed by atoms with Crippen LogP contribution in [0.1, 0.15) is 44.0 Å². The Balaban J connectivity index is 2.07. The Kier molecular flexibility index (Phi) is 7.14. The third-order valence-corrected chi connectivity index (χ3v) is 6.57. The molecule has 1 aromatic rings. The molecule has 0 amide bonds. The number of halogens is 1. The first kappa shape index (κ1) is 20.8. The minimum absolute atomic E-state index is 0.182. The predicted octanol–water partition coefficient (Wildman–Crippen LogP) is 2.52. The number of anilines is 1. The molecule has 0 radical (unpaired) electrons. The molecule has 6 nitrogen and oxygen atoms in total. The van der Waals surface area contributed by atoms with Gasteiger partial charge in [0.25, 0.3) is 10.2 Å². The quantitative estimate of drug-likeness (QED) is 0.645. The van der Waals surface area contributed by atoms with Crippen molar-refractivity contribution in [3.05, 3.63) is 29.6 Å². The minimum Gasteiger partial charge on any atom is -0.367 e. The van der Waals surface area contributed by atoms with Crippen molar-refractivity contribution in [2.24, 2.45) is 0 Å². The molecule has 0 aliphatic carbocycles. The first-order chi connectivity index (χ1) is 12.3. The van der Waals surface area contributed by atoms with E-state index in [-0.39, 0.29) is 5.78 Å². The van der Waals surface area contributed by atoms with Gasteiger partial charge in [0.05, 0.1) is 5.69 Å². The van der Waals surface area contributed by atoms with Crippen LogP contribution in [-0.2, 0) is 10.2 Å². The summed E-state index contributed by atoms with van der Waals surface area (Å²) in [5.41, 5.74) is 0.744. The molecule has 2 rings (SSSR count). The lowest BCUT2D eigenvalue weighted by atomic mass is 10.1. The van der Waals surface area contributed by atoms with Gasteiger partial charge >= 0.3 is 0 Å². The third kappa shape index (κ3) is 4.61. The average Bonchev–Trinajstić information content (AvgIpc) is 2.61. The molecular weight excluding hydrogens is 357 g/mol. The second-order valence-corrected chi connectivity index (χ2v) is 8.44. The van der Waals surface area contributed by atoms with Crippen LogP contribution >= 0.6 is 0 Å². The normalized spacial score (nSPS) is 16.3. The Morgan fingerprint density at radius 1 is 1.12 bits per heavy atom. The van der Waals surface area contributed by atoms with Gasteiger partial charge in [-0.2, -0.15) is 17.0 Å². The number of ketones is 1. The van der Waals surface area contributed by atoms with E-state index in [1.54, 1.807) is 12.1 Å². The van der Waals surface area contributed by atoms with Gasteiger partial charge in [-0.15, -0.1) is 0 Å². The van der Waals surface area contributed by atoms with Gasteiger partial charge in [-0.3, -0.25) is 4.79 Å². The molecule has 1 aromatic carbocycles. The van der Waals surface area contributed by atoms with Crippen LogP contribution in [-0.4, -0.2) is 62.1 Å². The summed E-state index contributed by atoms with van der Waals surface area (Å²) in [6.45, 7) is 7.82. The summed E-state index contributed by atoms with van der Waals surface area (Å²) in [6, 6.07) is 4.44. The van der Waals surface area contributed by atoms with Gasteiger partial charge in [-0.25, -0.2) is 4.39 Å². The van der Waals surface area contributed by atoms with Crippen LogP contribution in [0.3, 0.4) is 0 Å². The fourth-order valence-electron chi connectivity index (χ4n) is 3.15. The summed E-state index contributed by atoms with van der Waals surface area (Å²) >= 11 is 0. The monoisotopic (exact) mass is 385 g/mol. The molecule has 0 bridgehead atoms. The lowest BCUT2D eigenvalue weighted by Gasteiger charge is -2.37. The molecule has 1 heterocycles. The molecule has 1 saturated heterocycles. The second kappa shape index (κ2) is 8.92. The highest BCUT2D eigenvalue weighted by atomic mass is 32.2. The number of rotatable bonds is 8. The van der Waals surface area contributed by atoms with E-state index in [0.717, 1.165) is 12.8 Å². The fraction of sp³-hybridized carbons (Fsp3) is 0.611. The Morgan fingerprint density at radius 3 is 2.15 bits per heavy atom. The molecule has 0 unspecified atom stereocenters. The highest BCUT2D eigenvalue weighted by molar-refractivity contribution is 7.86. The molecule has 0 N–H and O–H groups in total. The Morgan fingerprint density at radius 2 is 1.69 bits per heavy atom. The van der Waals surface area contributed by atoms with Crippen LogP contribution in [0.4, 0.5) is 10.1 Å². The minimum atomic E-state index is -3.48. The Hall–Kier alpha value is -1.51. The molecule has 0 saturated carbocycles. The summed E-state index contributed by atoms with van der Waals surface area (Å²) in [5.74, 6) is -0.633. The van der Waals surface area contributed by atoms with E-state index in [2.05, 4.69) is 0 Å². The van der Waals surface area contributed by atoms with Crippen LogP contribution in [0.5, 0.6) is 0 Å². The smallest absolute Gasteiger partial charge is 0.282 e. The van der Waals surface area contributed by atoms with E-state index in [1.165, 1.54) is 21.6 Å². The van der Waals surface area contributed by atoms with Crippen molar-refractivity contribution in [3.8, 4) is 0 Å². The van der Waals surface area contributed by atoms with E-state index < -0.39 is 16.0 Å². The van der Waals surface area contributed by atoms with Gasteiger partial charge in [0.15, 0.2) is 5.78 Å². The zero-order valence-electron chi connectivity index (χ0n) is 15.7. The first-order valence-electron chi connectivity index (χ1n) is 9.11. The van der Waals surface area contributed by atoms with E-state index in [0.29, 0.717) is 50.5 Å². The van der Waals surface area contributed by atoms with Crippen LogP contribution in [0, 0.1) is 5.82 Å². The molecule has 0 spiro atoms. The molecular formula is C18H28FN3O3S. The number of benzene rings is 1. The average molecular weight is 386 g/mol. The number of hydrogen-bond acceptors (Lipinski definition) is 4. The highest BCUT2D eigenvalue weighted by Crippen LogP contribution is 2.23. The van der Waals surface area contributed by atoms with Gasteiger partial charge in [0.1, 0.15) is 5.82 Å². The van der Waals surface area contributed by atoms with Crippen molar-refractivity contribution in [1.29, 1.82) is 0 Å². The van der Waals surface area contributed by atoms with Gasteiger partial charge < -0.3 is 4.90 Å². The Bertz CT molecular complexity index is 725. The predicted molar refractivity (Wildman–Crippen MR) is 101 cm³/mol. The lowest BCUT2D eigenvalue weighted by Crippen LogP contribution is -2.53. The zero-order valence-corrected chi connectivity index (χ0v) is 16.6. The largest absolute Gasteiger partial charge is 0.367 e. The molecule has 146 valence electrons. The fourth-order valence-corrected chi connectivity index (χ4v) is 4.92. The van der Waals surface area contributed by atoms with E-state index >= 15 is 0 Å². The number of piperazine rings is 1. The second-order valence-electron chi connectivity index (χ2n) is 6.52. The van der Waals surface area contributed by atoms with Crippen molar-refractivity contribution in [2.45, 2.75) is 33.6 Å². The number of hydrogen-bond donors (Lipinski definition) is 0. The van der Waals surface area contributed by atoms with Crippen LogP contribution < -0.4 is 4.90 Å². The summed E-state index contributed by atoms with van der Waals surface area (Å²) in [7, 11) is -3.48. The van der Waals surface area contributed by atoms with Crippen molar-refractivity contribution in [1.82, 2.24) is 8.61 Å². The van der Waals surface area contributed by atoms with Crippen molar-refractivity contribution in [3.63, 3.8) is 0 Å². The molecule has 1 fully saturated rings. The summed E-state index contributed by atoms with van der Waals surface area (Å²) in [5, 5.41) is 0. The van der Waals surface area contributed by atoms with E-state index in [4.69, 9.17) is 0 Å². The van der Waals surface area contributed by atoms with E-state index in [9.17, 15) is 17.6 Å². The summed E-state index contributed by atoms with van der Waals surface area (Å²) in [6.07, 6.45) is 1.54. The zero-order chi connectivity index (χ0) is 19.3. The molecule has 0 aromatic heterocycles. The van der Waals surface area contributed by atoms with E-state index in [1.807, 2.05) is 18.7 Å². The van der Waals surface area contributed by atoms with Gasteiger partial charge in [0, 0.05) is 44.8 Å². The van der Waals surface area contributed by atoms with Gasteiger partial charge in [0.2, 0.25) is 0 Å². The van der Waals surface area contributed by atoms with Gasteiger partial charge in [-0.05, 0) is 38.0 Å². The van der Waals surface area contributed by atoms with Crippen LogP contribution in [0.15, 0.2) is 18.2 Å². The van der Waals surface area contributed by atoms with Crippen LogP contribution in [0.2, 0.25) is 0 Å². The Labute approximate surface area is 155 Å². The molecule has 8 heteroatoms. The van der Waals surface area contributed by atoms with Gasteiger partial charge in [-0.1, -0.05) is 13.8 Å².